The number of methoxy groups -OCH3 is 2. The summed E-state index contributed by atoms with van der Waals surface area (Å²) in [4.78, 5) is 31.0. The quantitative estimate of drug-likeness (QED) is 0.152. The number of nitrogens with zero attached hydrogens (tertiary/aromatic N) is 5. The van der Waals surface area contributed by atoms with E-state index in [0.29, 0.717) is 67.7 Å². The van der Waals surface area contributed by atoms with Crippen molar-refractivity contribution < 1.29 is 18.6 Å². The van der Waals surface area contributed by atoms with Gasteiger partial charge in [-0.05, 0) is 55.9 Å². The molecule has 11 nitrogen and oxygen atoms in total. The number of hydrogen-bond acceptors (Lipinski definition) is 10. The molecule has 12 heteroatoms. The molecule has 0 spiro atoms. The van der Waals surface area contributed by atoms with Gasteiger partial charge in [0.25, 0.3) is 0 Å². The van der Waals surface area contributed by atoms with Crippen molar-refractivity contribution in [1.82, 2.24) is 24.5 Å². The average Bonchev–Trinajstić information content (AvgIpc) is 3.16. The maximum absolute atomic E-state index is 13.6. The van der Waals surface area contributed by atoms with Gasteiger partial charge in [-0.1, -0.05) is 50.8 Å². The third-order valence-electron chi connectivity index (χ3n) is 6.89. The molecule has 50 heavy (non-hydrogen) atoms. The fourth-order valence-corrected chi connectivity index (χ4v) is 4.68. The Morgan fingerprint density at radius 3 is 2.24 bits per heavy atom. The zero-order valence-electron chi connectivity index (χ0n) is 29.3. The van der Waals surface area contributed by atoms with Crippen LogP contribution in [0.3, 0.4) is 0 Å². The van der Waals surface area contributed by atoms with Gasteiger partial charge in [0.15, 0.2) is 11.5 Å². The van der Waals surface area contributed by atoms with E-state index in [1.807, 2.05) is 44.5 Å². The third kappa shape index (κ3) is 9.05. The van der Waals surface area contributed by atoms with Gasteiger partial charge in [-0.3, -0.25) is 4.79 Å². The number of rotatable bonds is 8. The number of allylic oxidation sites excluding steroid dienone is 3. The van der Waals surface area contributed by atoms with Crippen LogP contribution < -0.4 is 30.7 Å². The van der Waals surface area contributed by atoms with E-state index >= 15 is 0 Å². The Labute approximate surface area is 290 Å². The molecule has 4 aromatic heterocycles. The van der Waals surface area contributed by atoms with Gasteiger partial charge in [-0.25, -0.2) is 24.3 Å². The minimum Gasteiger partial charge on any atom is -0.493 e. The predicted molar refractivity (Wildman–Crippen MR) is 199 cm³/mol. The second kappa shape index (κ2) is 19.0. The molecule has 0 saturated heterocycles. The molecule has 3 N–H and O–H groups in total. The Morgan fingerprint density at radius 2 is 1.64 bits per heavy atom. The topological polar surface area (TPSA) is 139 Å². The Balaban J connectivity index is 0.000000681. The molecule has 0 amide bonds. The number of nitrogens with two attached hydrogens (primary N) is 1. The predicted octanol–water partition coefficient (Wildman–Crippen LogP) is 7.98. The van der Waals surface area contributed by atoms with Crippen LogP contribution in [0.5, 0.6) is 23.1 Å². The van der Waals surface area contributed by atoms with Crippen LogP contribution in [0.4, 0.5) is 16.0 Å². The highest BCUT2D eigenvalue weighted by Crippen LogP contribution is 2.36. The molecule has 6 rings (SSSR count). The highest BCUT2D eigenvalue weighted by atomic mass is 19.1. The lowest BCUT2D eigenvalue weighted by molar-refractivity contribution is 0.355. The summed E-state index contributed by atoms with van der Waals surface area (Å²) in [6, 6.07) is 14.5. The van der Waals surface area contributed by atoms with Crippen molar-refractivity contribution in [2.45, 2.75) is 20.8 Å². The largest absolute Gasteiger partial charge is 0.493 e. The number of fused-ring (bicyclic) bond motifs is 2. The standard InChI is InChI=1S/C30H23FN6O4.C5H8.C2H6.CH5N/c1-37-15-21(17-4-6-18(31)7-5-17)28(38)27-23(37)10-11-32-29(27)36-26-9-8-19(14-33-26)41-30-20-12-24(39-2)25(40-3)13-22(20)34-16-35-30;1-3-5-4-2;2*1-2/h4-16H,1-3H3,(H,32,33,36);3-5H,1H2,2H3;1-2H3;2H2,1H3/b;5-4-;;. The summed E-state index contributed by atoms with van der Waals surface area (Å²) in [7, 11) is 6.44. The third-order valence-corrected chi connectivity index (χ3v) is 6.89. The van der Waals surface area contributed by atoms with E-state index in [0.717, 1.165) is 0 Å². The van der Waals surface area contributed by atoms with Crippen molar-refractivity contribution in [3.05, 3.63) is 120 Å². The van der Waals surface area contributed by atoms with Crippen LogP contribution in [0.25, 0.3) is 32.9 Å². The first kappa shape index (κ1) is 38.3. The first-order valence-electron chi connectivity index (χ1n) is 15.7. The highest BCUT2D eigenvalue weighted by molar-refractivity contribution is 5.93. The Kier molecular flexibility index (Phi) is 14.6. The first-order valence-corrected chi connectivity index (χ1v) is 15.7. The number of hydrogen-bond donors (Lipinski definition) is 2. The monoisotopic (exact) mass is 679 g/mol. The van der Waals surface area contributed by atoms with Gasteiger partial charge in [0.05, 0.1) is 42.2 Å². The summed E-state index contributed by atoms with van der Waals surface area (Å²) in [6.45, 7) is 9.42. The van der Waals surface area contributed by atoms with E-state index in [1.54, 1.807) is 75.2 Å². The van der Waals surface area contributed by atoms with Gasteiger partial charge in [0, 0.05) is 31.1 Å². The molecule has 0 radical (unpaired) electrons. The SMILES string of the molecule is C=C/C=C\C.CC.CN.COc1cc2ncnc(Oc3ccc(Nc4nccc5c4c(=O)c(-c4ccc(F)cc4)cn5C)nc3)c2cc1OC. The fourth-order valence-electron chi connectivity index (χ4n) is 4.68. The first-order chi connectivity index (χ1) is 24.4. The molecule has 0 unspecified atom stereocenters. The van der Waals surface area contributed by atoms with Gasteiger partial charge in [-0.15, -0.1) is 0 Å². The summed E-state index contributed by atoms with van der Waals surface area (Å²) in [5.74, 6) is 2.25. The van der Waals surface area contributed by atoms with E-state index in [1.165, 1.54) is 31.7 Å². The number of anilines is 2. The van der Waals surface area contributed by atoms with E-state index in [9.17, 15) is 9.18 Å². The van der Waals surface area contributed by atoms with Crippen LogP contribution in [0.15, 0.2) is 109 Å². The normalized spacial score (nSPS) is 10.2. The van der Waals surface area contributed by atoms with Crippen LogP contribution in [-0.4, -0.2) is 45.8 Å². The maximum atomic E-state index is 13.6. The van der Waals surface area contributed by atoms with E-state index < -0.39 is 0 Å². The van der Waals surface area contributed by atoms with Crippen molar-refractivity contribution in [1.29, 1.82) is 0 Å². The number of pyridine rings is 3. The van der Waals surface area contributed by atoms with Crippen molar-refractivity contribution >= 4 is 33.4 Å². The number of nitrogens with one attached hydrogen (secondary N) is 1. The maximum Gasteiger partial charge on any atom is 0.230 e. The number of halogens is 1. The lowest BCUT2D eigenvalue weighted by Gasteiger charge is -2.13. The molecular weight excluding hydrogens is 637 g/mol. The number of aromatic nitrogens is 5. The number of ether oxygens (including phenoxy) is 3. The van der Waals surface area contributed by atoms with Gasteiger partial charge in [0.2, 0.25) is 11.3 Å². The lowest BCUT2D eigenvalue weighted by Crippen LogP contribution is -2.13. The second-order valence-corrected chi connectivity index (χ2v) is 9.81. The van der Waals surface area contributed by atoms with Crippen LogP contribution in [0, 0.1) is 5.82 Å². The molecule has 0 fully saturated rings. The van der Waals surface area contributed by atoms with Crippen molar-refractivity contribution in [3.8, 4) is 34.3 Å². The van der Waals surface area contributed by atoms with Gasteiger partial charge >= 0.3 is 0 Å². The van der Waals surface area contributed by atoms with Crippen molar-refractivity contribution in [2.24, 2.45) is 12.8 Å². The minimum absolute atomic E-state index is 0.233. The number of benzene rings is 2. The molecule has 0 atom stereocenters. The van der Waals surface area contributed by atoms with Crippen LogP contribution in [0.1, 0.15) is 20.8 Å². The molecular formula is C38H42FN7O4. The van der Waals surface area contributed by atoms with E-state index in [4.69, 9.17) is 14.2 Å². The summed E-state index contributed by atoms with van der Waals surface area (Å²) in [6.07, 6.45) is 11.9. The summed E-state index contributed by atoms with van der Waals surface area (Å²) < 4.78 is 32.1. The smallest absolute Gasteiger partial charge is 0.230 e. The number of aryl methyl sites for hydroxylation is 1. The van der Waals surface area contributed by atoms with Crippen LogP contribution >= 0.6 is 0 Å². The molecule has 260 valence electrons. The molecule has 0 bridgehead atoms. The van der Waals surface area contributed by atoms with Crippen LogP contribution in [0.2, 0.25) is 0 Å². The average molecular weight is 680 g/mol. The fraction of sp³-hybridized carbons (Fsp3) is 0.184. The van der Waals surface area contributed by atoms with Gasteiger partial charge in [0.1, 0.15) is 29.5 Å². The Bertz CT molecular complexity index is 2100. The minimum atomic E-state index is -0.373. The van der Waals surface area contributed by atoms with E-state index in [2.05, 4.69) is 37.6 Å². The van der Waals surface area contributed by atoms with Gasteiger partial charge < -0.3 is 29.8 Å². The molecule has 6 aromatic rings. The molecule has 0 aliphatic rings. The molecule has 2 aromatic carbocycles. The molecule has 0 saturated carbocycles. The van der Waals surface area contributed by atoms with Crippen molar-refractivity contribution in [2.75, 3.05) is 26.6 Å². The molecule has 4 heterocycles. The van der Waals surface area contributed by atoms with Gasteiger partial charge in [-0.2, -0.15) is 0 Å². The zero-order chi connectivity index (χ0) is 36.6. The van der Waals surface area contributed by atoms with Crippen LogP contribution in [-0.2, 0) is 7.05 Å². The van der Waals surface area contributed by atoms with Crippen molar-refractivity contribution in [3.63, 3.8) is 0 Å². The molecule has 0 aliphatic carbocycles. The Morgan fingerprint density at radius 1 is 0.940 bits per heavy atom. The summed E-state index contributed by atoms with van der Waals surface area (Å²) in [5, 5.41) is 4.17. The zero-order valence-corrected chi connectivity index (χ0v) is 29.3. The lowest BCUT2D eigenvalue weighted by atomic mass is 10.0. The second-order valence-electron chi connectivity index (χ2n) is 9.81. The highest BCUT2D eigenvalue weighted by Gasteiger charge is 2.16. The molecule has 0 aliphatic heterocycles. The Hall–Kier alpha value is -6.14. The van der Waals surface area contributed by atoms with E-state index in [-0.39, 0.29) is 11.2 Å². The summed E-state index contributed by atoms with van der Waals surface area (Å²) >= 11 is 0. The summed E-state index contributed by atoms with van der Waals surface area (Å²) in [5.41, 5.74) is 6.61.